The highest BCUT2D eigenvalue weighted by Gasteiger charge is 2.28. The van der Waals surface area contributed by atoms with E-state index >= 15 is 0 Å². The maximum Gasteiger partial charge on any atom is 0.239 e. The van der Waals surface area contributed by atoms with Crippen LogP contribution in [0.25, 0.3) is 0 Å². The average molecular weight is 271 g/mol. The molecule has 0 spiro atoms. The minimum atomic E-state index is -0.299. The van der Waals surface area contributed by atoms with Crippen LogP contribution < -0.4 is 5.73 Å². The van der Waals surface area contributed by atoms with Crippen LogP contribution in [0.4, 0.5) is 0 Å². The Bertz CT molecular complexity index is 275. The Kier molecular flexibility index (Phi) is 5.33. The van der Waals surface area contributed by atoms with Crippen molar-refractivity contribution in [1.29, 1.82) is 0 Å². The monoisotopic (exact) mass is 271 g/mol. The van der Waals surface area contributed by atoms with Gasteiger partial charge in [-0.2, -0.15) is 11.8 Å². The van der Waals surface area contributed by atoms with Crippen LogP contribution in [-0.2, 0) is 4.79 Å². The molecule has 2 aliphatic rings. The topological polar surface area (TPSA) is 49.6 Å². The first-order chi connectivity index (χ1) is 8.70. The van der Waals surface area contributed by atoms with Crippen molar-refractivity contribution in [3.05, 3.63) is 0 Å². The zero-order chi connectivity index (χ0) is 13.0. The molecule has 2 rings (SSSR count). The first-order valence-electron chi connectivity index (χ1n) is 6.96. The number of nitrogens with two attached hydrogens (primary N) is 1. The second-order valence-electron chi connectivity index (χ2n) is 5.46. The quantitative estimate of drug-likeness (QED) is 0.769. The van der Waals surface area contributed by atoms with E-state index in [1.165, 1.54) is 19.4 Å². The third-order valence-electron chi connectivity index (χ3n) is 3.85. The Labute approximate surface area is 114 Å². The van der Waals surface area contributed by atoms with Gasteiger partial charge in [-0.05, 0) is 37.2 Å². The van der Waals surface area contributed by atoms with E-state index in [1.807, 2.05) is 11.2 Å². The molecule has 1 saturated carbocycles. The largest absolute Gasteiger partial charge is 0.339 e. The van der Waals surface area contributed by atoms with Gasteiger partial charge in [-0.25, -0.2) is 0 Å². The van der Waals surface area contributed by atoms with Gasteiger partial charge in [0, 0.05) is 32.7 Å². The molecule has 1 saturated heterocycles. The van der Waals surface area contributed by atoms with Gasteiger partial charge in [0.2, 0.25) is 5.91 Å². The van der Waals surface area contributed by atoms with Crippen LogP contribution >= 0.6 is 11.8 Å². The van der Waals surface area contributed by atoms with Crippen molar-refractivity contribution in [3.8, 4) is 0 Å². The van der Waals surface area contributed by atoms with Gasteiger partial charge in [0.25, 0.3) is 0 Å². The van der Waals surface area contributed by atoms with E-state index < -0.39 is 0 Å². The molecule has 1 heterocycles. The summed E-state index contributed by atoms with van der Waals surface area (Å²) >= 11 is 1.75. The smallest absolute Gasteiger partial charge is 0.239 e. The highest BCUT2D eigenvalue weighted by atomic mass is 32.2. The molecule has 0 unspecified atom stereocenters. The van der Waals surface area contributed by atoms with Gasteiger partial charge in [-0.3, -0.25) is 9.69 Å². The zero-order valence-electron chi connectivity index (χ0n) is 11.3. The Balaban J connectivity index is 1.68. The number of rotatable bonds is 6. The predicted molar refractivity (Wildman–Crippen MR) is 76.7 cm³/mol. The first-order valence-corrected chi connectivity index (χ1v) is 8.35. The van der Waals surface area contributed by atoms with Crippen LogP contribution in [-0.4, -0.2) is 66.5 Å². The second-order valence-corrected chi connectivity index (χ2v) is 6.44. The molecule has 0 bridgehead atoms. The van der Waals surface area contributed by atoms with E-state index in [4.69, 9.17) is 5.73 Å². The summed E-state index contributed by atoms with van der Waals surface area (Å²) in [5, 5.41) is 0. The van der Waals surface area contributed by atoms with Crippen LogP contribution in [0.1, 0.15) is 19.3 Å². The number of hydrogen-bond donors (Lipinski definition) is 1. The van der Waals surface area contributed by atoms with Gasteiger partial charge in [0.05, 0.1) is 6.04 Å². The molecule has 18 heavy (non-hydrogen) atoms. The number of carbonyl (C=O) groups excluding carboxylic acids is 1. The lowest BCUT2D eigenvalue weighted by atomic mass is 10.2. The number of piperazine rings is 1. The molecule has 1 aliphatic heterocycles. The van der Waals surface area contributed by atoms with Gasteiger partial charge in [0.1, 0.15) is 0 Å². The van der Waals surface area contributed by atoms with E-state index in [-0.39, 0.29) is 11.9 Å². The molecule has 0 aromatic rings. The highest BCUT2D eigenvalue weighted by Crippen LogP contribution is 2.29. The molecular weight excluding hydrogens is 246 g/mol. The summed E-state index contributed by atoms with van der Waals surface area (Å²) in [6, 6.07) is -0.299. The Morgan fingerprint density at radius 2 is 2.00 bits per heavy atom. The maximum absolute atomic E-state index is 12.1. The molecule has 1 aliphatic carbocycles. The van der Waals surface area contributed by atoms with Crippen molar-refractivity contribution in [2.45, 2.75) is 25.3 Å². The van der Waals surface area contributed by atoms with Gasteiger partial charge >= 0.3 is 0 Å². The summed E-state index contributed by atoms with van der Waals surface area (Å²) in [6.45, 7) is 5.01. The highest BCUT2D eigenvalue weighted by molar-refractivity contribution is 7.98. The number of nitrogens with zero attached hydrogens (tertiary/aromatic N) is 2. The fraction of sp³-hybridized carbons (Fsp3) is 0.923. The number of amides is 1. The molecule has 0 radical (unpaired) electrons. The van der Waals surface area contributed by atoms with E-state index in [0.717, 1.165) is 44.3 Å². The average Bonchev–Trinajstić information content (AvgIpc) is 3.20. The predicted octanol–water partition coefficient (Wildman–Crippen LogP) is 0.621. The fourth-order valence-corrected chi connectivity index (χ4v) is 2.91. The summed E-state index contributed by atoms with van der Waals surface area (Å²) < 4.78 is 0. The molecule has 2 fully saturated rings. The van der Waals surface area contributed by atoms with Crippen molar-refractivity contribution in [3.63, 3.8) is 0 Å². The molecule has 104 valence electrons. The lowest BCUT2D eigenvalue weighted by Crippen LogP contribution is -2.53. The molecular formula is C13H25N3OS. The summed E-state index contributed by atoms with van der Waals surface area (Å²) in [5.41, 5.74) is 5.94. The summed E-state index contributed by atoms with van der Waals surface area (Å²) in [4.78, 5) is 16.6. The molecule has 0 aromatic heterocycles. The van der Waals surface area contributed by atoms with Gasteiger partial charge in [0.15, 0.2) is 0 Å². The second kappa shape index (κ2) is 6.78. The molecule has 5 heteroatoms. The lowest BCUT2D eigenvalue weighted by Gasteiger charge is -2.36. The molecule has 0 aromatic carbocycles. The fourth-order valence-electron chi connectivity index (χ4n) is 2.42. The molecule has 2 N–H and O–H groups in total. The van der Waals surface area contributed by atoms with Crippen molar-refractivity contribution in [2.75, 3.05) is 44.7 Å². The van der Waals surface area contributed by atoms with Crippen molar-refractivity contribution in [1.82, 2.24) is 9.80 Å². The van der Waals surface area contributed by atoms with Crippen molar-refractivity contribution >= 4 is 17.7 Å². The summed E-state index contributed by atoms with van der Waals surface area (Å²) in [6.07, 6.45) is 5.65. The molecule has 4 nitrogen and oxygen atoms in total. The van der Waals surface area contributed by atoms with Gasteiger partial charge in [-0.15, -0.1) is 0 Å². The van der Waals surface area contributed by atoms with Crippen molar-refractivity contribution in [2.24, 2.45) is 11.7 Å². The van der Waals surface area contributed by atoms with Crippen LogP contribution in [0.2, 0.25) is 0 Å². The van der Waals surface area contributed by atoms with E-state index in [0.29, 0.717) is 0 Å². The van der Waals surface area contributed by atoms with Gasteiger partial charge in [-0.1, -0.05) is 0 Å². The van der Waals surface area contributed by atoms with Crippen LogP contribution in [0.3, 0.4) is 0 Å². The number of thioether (sulfide) groups is 1. The summed E-state index contributed by atoms with van der Waals surface area (Å²) in [7, 11) is 0. The van der Waals surface area contributed by atoms with Crippen LogP contribution in [0.15, 0.2) is 0 Å². The molecule has 1 atom stereocenters. The Hall–Kier alpha value is -0.260. The summed E-state index contributed by atoms with van der Waals surface area (Å²) in [5.74, 6) is 2.06. The number of hydrogen-bond acceptors (Lipinski definition) is 4. The first kappa shape index (κ1) is 14.2. The molecule has 1 amide bonds. The number of carbonyl (C=O) groups is 1. The van der Waals surface area contributed by atoms with Crippen molar-refractivity contribution < 1.29 is 4.79 Å². The third-order valence-corrected chi connectivity index (χ3v) is 4.49. The van der Waals surface area contributed by atoms with Crippen LogP contribution in [0, 0.1) is 5.92 Å². The SMILES string of the molecule is CSCC[C@@H](N)C(=O)N1CCN(CC2CC2)CC1. The standard InChI is InChI=1S/C13H25N3OS/c1-18-9-4-12(14)13(17)16-7-5-15(6-8-16)10-11-2-3-11/h11-12H,2-10,14H2,1H3/t12-/m1/s1. The van der Waals surface area contributed by atoms with Crippen LogP contribution in [0.5, 0.6) is 0 Å². The Morgan fingerprint density at radius 1 is 1.33 bits per heavy atom. The zero-order valence-corrected chi connectivity index (χ0v) is 12.1. The van der Waals surface area contributed by atoms with Gasteiger partial charge < -0.3 is 10.6 Å². The van der Waals surface area contributed by atoms with E-state index in [2.05, 4.69) is 4.90 Å². The van der Waals surface area contributed by atoms with E-state index in [1.54, 1.807) is 11.8 Å². The van der Waals surface area contributed by atoms with E-state index in [9.17, 15) is 4.79 Å². The lowest BCUT2D eigenvalue weighted by molar-refractivity contribution is -0.134. The maximum atomic E-state index is 12.1. The normalized spacial score (nSPS) is 23.1. The minimum Gasteiger partial charge on any atom is -0.339 e. The minimum absolute atomic E-state index is 0.148. The Morgan fingerprint density at radius 3 is 2.56 bits per heavy atom. The third kappa shape index (κ3) is 4.14.